The van der Waals surface area contributed by atoms with E-state index in [9.17, 15) is 4.79 Å². The summed E-state index contributed by atoms with van der Waals surface area (Å²) in [5, 5.41) is 3.24. The number of hydrogen-bond acceptors (Lipinski definition) is 4. The van der Waals surface area contributed by atoms with Crippen molar-refractivity contribution in [3.63, 3.8) is 0 Å². The molecular formula is C19H22N4O. The number of nitrogens with one attached hydrogen (secondary N) is 1. The van der Waals surface area contributed by atoms with E-state index in [4.69, 9.17) is 0 Å². The minimum atomic E-state index is 0.0396. The maximum absolute atomic E-state index is 12.6. The third-order valence-corrected chi connectivity index (χ3v) is 5.01. The van der Waals surface area contributed by atoms with Crippen LogP contribution in [0.25, 0.3) is 0 Å². The van der Waals surface area contributed by atoms with Gasteiger partial charge in [-0.3, -0.25) is 9.78 Å². The molecule has 5 heteroatoms. The molecule has 4 rings (SSSR count). The Bertz CT molecular complexity index is 691. The fraction of sp³-hybridized carbons (Fsp3) is 0.421. The van der Waals surface area contributed by atoms with Crippen LogP contribution >= 0.6 is 0 Å². The second-order valence-electron chi connectivity index (χ2n) is 6.72. The summed E-state index contributed by atoms with van der Waals surface area (Å²) in [4.78, 5) is 23.3. The quantitative estimate of drug-likeness (QED) is 0.939. The first-order valence-electron chi connectivity index (χ1n) is 8.67. The van der Waals surface area contributed by atoms with Gasteiger partial charge in [-0.15, -0.1) is 0 Å². The number of anilines is 1. The third kappa shape index (κ3) is 3.25. The molecule has 1 aromatic heterocycles. The van der Waals surface area contributed by atoms with Gasteiger partial charge < -0.3 is 10.2 Å². The highest BCUT2D eigenvalue weighted by molar-refractivity contribution is 5.80. The summed E-state index contributed by atoms with van der Waals surface area (Å²) >= 11 is 0. The maximum atomic E-state index is 12.6. The molecule has 1 aliphatic carbocycles. The van der Waals surface area contributed by atoms with Gasteiger partial charge in [0, 0.05) is 37.4 Å². The molecule has 5 nitrogen and oxygen atoms in total. The first kappa shape index (κ1) is 15.1. The van der Waals surface area contributed by atoms with Gasteiger partial charge in [0.2, 0.25) is 5.91 Å². The van der Waals surface area contributed by atoms with Crippen molar-refractivity contribution in [3.05, 3.63) is 54.5 Å². The molecule has 1 amide bonds. The minimum Gasteiger partial charge on any atom is -0.355 e. The van der Waals surface area contributed by atoms with Crippen LogP contribution in [0.3, 0.4) is 0 Å². The van der Waals surface area contributed by atoms with E-state index in [0.717, 1.165) is 38.2 Å². The minimum absolute atomic E-state index is 0.0396. The molecule has 2 aromatic rings. The summed E-state index contributed by atoms with van der Waals surface area (Å²) in [5.74, 6) is 1.57. The van der Waals surface area contributed by atoms with Crippen molar-refractivity contribution < 1.29 is 4.79 Å². The smallest absolute Gasteiger partial charge is 0.225 e. The Kier molecular flexibility index (Phi) is 4.15. The van der Waals surface area contributed by atoms with Gasteiger partial charge >= 0.3 is 0 Å². The number of piperidine rings is 1. The molecule has 1 saturated carbocycles. The predicted octanol–water partition coefficient (Wildman–Crippen LogP) is 2.37. The largest absolute Gasteiger partial charge is 0.355 e. The topological polar surface area (TPSA) is 58.1 Å². The van der Waals surface area contributed by atoms with Crippen molar-refractivity contribution in [1.29, 1.82) is 0 Å². The Labute approximate surface area is 142 Å². The number of amides is 1. The summed E-state index contributed by atoms with van der Waals surface area (Å²) in [5.41, 5.74) is 1.33. The molecule has 1 aromatic carbocycles. The van der Waals surface area contributed by atoms with Crippen molar-refractivity contribution in [2.75, 3.05) is 18.0 Å². The Morgan fingerprint density at radius 1 is 1.21 bits per heavy atom. The summed E-state index contributed by atoms with van der Waals surface area (Å²) in [6.45, 7) is 1.67. The summed E-state index contributed by atoms with van der Waals surface area (Å²) in [7, 11) is 0. The zero-order valence-electron chi connectivity index (χ0n) is 13.6. The van der Waals surface area contributed by atoms with Crippen LogP contribution < -0.4 is 10.2 Å². The monoisotopic (exact) mass is 322 g/mol. The van der Waals surface area contributed by atoms with E-state index in [-0.39, 0.29) is 11.8 Å². The Morgan fingerprint density at radius 3 is 2.88 bits per heavy atom. The van der Waals surface area contributed by atoms with Crippen molar-refractivity contribution >= 4 is 11.7 Å². The molecule has 1 saturated heterocycles. The molecule has 0 unspecified atom stereocenters. The molecule has 3 atom stereocenters. The van der Waals surface area contributed by atoms with E-state index in [0.29, 0.717) is 12.0 Å². The first-order valence-corrected chi connectivity index (χ1v) is 8.67. The second kappa shape index (κ2) is 6.59. The van der Waals surface area contributed by atoms with Crippen molar-refractivity contribution in [2.45, 2.75) is 31.2 Å². The van der Waals surface area contributed by atoms with Crippen LogP contribution in [0.5, 0.6) is 0 Å². The van der Waals surface area contributed by atoms with Crippen molar-refractivity contribution in [3.8, 4) is 0 Å². The molecule has 124 valence electrons. The molecule has 0 spiro atoms. The van der Waals surface area contributed by atoms with Crippen LogP contribution in [-0.2, 0) is 4.79 Å². The summed E-state index contributed by atoms with van der Waals surface area (Å²) in [6, 6.07) is 10.7. The SMILES string of the molecule is O=C(N[C@@H]1C[C@H]1c1ccccc1)[C@@H]1CCCN(c2cnccn2)C1. The van der Waals surface area contributed by atoms with Gasteiger partial charge in [-0.05, 0) is 24.8 Å². The molecular weight excluding hydrogens is 300 g/mol. The van der Waals surface area contributed by atoms with Crippen LogP contribution in [0.15, 0.2) is 48.9 Å². The van der Waals surface area contributed by atoms with E-state index >= 15 is 0 Å². The highest BCUT2D eigenvalue weighted by Gasteiger charge is 2.40. The third-order valence-electron chi connectivity index (χ3n) is 5.01. The molecule has 2 fully saturated rings. The van der Waals surface area contributed by atoms with E-state index in [1.165, 1.54) is 5.56 Å². The van der Waals surface area contributed by atoms with E-state index in [2.05, 4.69) is 44.5 Å². The average molecular weight is 322 g/mol. The molecule has 0 bridgehead atoms. The van der Waals surface area contributed by atoms with Crippen LogP contribution in [-0.4, -0.2) is 35.0 Å². The summed E-state index contributed by atoms with van der Waals surface area (Å²) in [6.07, 6.45) is 8.16. The number of rotatable bonds is 4. The normalized spacial score (nSPS) is 26.0. The van der Waals surface area contributed by atoms with Crippen LogP contribution in [0.4, 0.5) is 5.82 Å². The number of benzene rings is 1. The number of nitrogens with zero attached hydrogens (tertiary/aromatic N) is 3. The van der Waals surface area contributed by atoms with Crippen LogP contribution in [0.2, 0.25) is 0 Å². The lowest BCUT2D eigenvalue weighted by atomic mass is 9.97. The van der Waals surface area contributed by atoms with E-state index in [1.807, 2.05) is 6.07 Å². The highest BCUT2D eigenvalue weighted by atomic mass is 16.2. The van der Waals surface area contributed by atoms with Gasteiger partial charge in [0.1, 0.15) is 5.82 Å². The van der Waals surface area contributed by atoms with Gasteiger partial charge in [-0.2, -0.15) is 0 Å². The van der Waals surface area contributed by atoms with Crippen LogP contribution in [0.1, 0.15) is 30.7 Å². The zero-order valence-corrected chi connectivity index (χ0v) is 13.6. The van der Waals surface area contributed by atoms with Crippen molar-refractivity contribution in [2.24, 2.45) is 5.92 Å². The number of hydrogen-bond donors (Lipinski definition) is 1. The standard InChI is InChI=1S/C19H22N4O/c24-19(22-17-11-16(17)14-5-2-1-3-6-14)15-7-4-10-23(13-15)18-12-20-8-9-21-18/h1-3,5-6,8-9,12,15-17H,4,7,10-11,13H2,(H,22,24)/t15-,16+,17-/m1/s1. The lowest BCUT2D eigenvalue weighted by molar-refractivity contribution is -0.125. The van der Waals surface area contributed by atoms with Crippen LogP contribution in [0, 0.1) is 5.92 Å². The fourth-order valence-electron chi connectivity index (χ4n) is 3.58. The average Bonchev–Trinajstić information content (AvgIpc) is 3.42. The molecule has 0 radical (unpaired) electrons. The zero-order chi connectivity index (χ0) is 16.4. The van der Waals surface area contributed by atoms with Crippen molar-refractivity contribution in [1.82, 2.24) is 15.3 Å². The lowest BCUT2D eigenvalue weighted by Gasteiger charge is -2.32. The molecule has 1 aliphatic heterocycles. The Morgan fingerprint density at radius 2 is 2.08 bits per heavy atom. The fourth-order valence-corrected chi connectivity index (χ4v) is 3.58. The molecule has 2 heterocycles. The predicted molar refractivity (Wildman–Crippen MR) is 92.7 cm³/mol. The Hall–Kier alpha value is -2.43. The van der Waals surface area contributed by atoms with Gasteiger partial charge in [-0.25, -0.2) is 4.98 Å². The second-order valence-corrected chi connectivity index (χ2v) is 6.72. The maximum Gasteiger partial charge on any atom is 0.225 e. The number of carbonyl (C=O) groups is 1. The van der Waals surface area contributed by atoms with E-state index in [1.54, 1.807) is 18.6 Å². The molecule has 24 heavy (non-hydrogen) atoms. The number of carbonyl (C=O) groups excluding carboxylic acids is 1. The molecule has 2 aliphatic rings. The Balaban J connectivity index is 1.34. The van der Waals surface area contributed by atoms with Gasteiger partial charge in [-0.1, -0.05) is 30.3 Å². The number of aromatic nitrogens is 2. The van der Waals surface area contributed by atoms with Gasteiger partial charge in [0.25, 0.3) is 0 Å². The van der Waals surface area contributed by atoms with E-state index < -0.39 is 0 Å². The first-order chi connectivity index (χ1) is 11.8. The van der Waals surface area contributed by atoms with Gasteiger partial charge in [0.15, 0.2) is 0 Å². The highest BCUT2D eigenvalue weighted by Crippen LogP contribution is 2.40. The summed E-state index contributed by atoms with van der Waals surface area (Å²) < 4.78 is 0. The van der Waals surface area contributed by atoms with Gasteiger partial charge in [0.05, 0.1) is 12.1 Å². The molecule has 1 N–H and O–H groups in total. The lowest BCUT2D eigenvalue weighted by Crippen LogP contribution is -2.44.